The van der Waals surface area contributed by atoms with Crippen molar-refractivity contribution in [3.05, 3.63) is 0 Å². The van der Waals surface area contributed by atoms with E-state index in [9.17, 15) is 4.79 Å². The van der Waals surface area contributed by atoms with Gasteiger partial charge in [-0.15, -0.1) is 0 Å². The molecule has 1 rings (SSSR count). The molecule has 1 aliphatic heterocycles. The van der Waals surface area contributed by atoms with Crippen molar-refractivity contribution in [2.45, 2.75) is 36.7 Å². The van der Waals surface area contributed by atoms with E-state index in [2.05, 4.69) is 29.5 Å². The number of carbonyl (C=O) groups is 1. The zero-order chi connectivity index (χ0) is 10.8. The van der Waals surface area contributed by atoms with Crippen molar-refractivity contribution in [2.75, 3.05) is 13.2 Å². The molecule has 1 aliphatic rings. The smallest absolute Gasteiger partial charge is 0.324 e. The molecule has 0 spiro atoms. The molecule has 0 N–H and O–H groups in total. The van der Waals surface area contributed by atoms with Gasteiger partial charge in [-0.05, 0) is 26.2 Å². The lowest BCUT2D eigenvalue weighted by Gasteiger charge is -2.29. The molecule has 1 fully saturated rings. The quantitative estimate of drug-likeness (QED) is 0.455. The molecule has 82 valence electrons. The van der Waals surface area contributed by atoms with Gasteiger partial charge in [0.2, 0.25) is 0 Å². The minimum absolute atomic E-state index is 0.0119. The first-order valence-corrected chi connectivity index (χ1v) is 6.05. The van der Waals surface area contributed by atoms with Crippen molar-refractivity contribution in [1.29, 1.82) is 0 Å². The first-order valence-electron chi connectivity index (χ1n) is 4.97. The van der Waals surface area contributed by atoms with E-state index >= 15 is 0 Å². The summed E-state index contributed by atoms with van der Waals surface area (Å²) in [7, 11) is 0. The summed E-state index contributed by atoms with van der Waals surface area (Å²) in [5.74, 6) is 0.264. The van der Waals surface area contributed by atoms with Crippen LogP contribution in [-0.4, -0.2) is 28.7 Å². The van der Waals surface area contributed by atoms with Crippen LogP contribution in [0.1, 0.15) is 27.2 Å². The molecule has 0 amide bonds. The molecule has 1 heterocycles. The molecule has 1 unspecified atom stereocenters. The van der Waals surface area contributed by atoms with Gasteiger partial charge in [-0.2, -0.15) is 0 Å². The van der Waals surface area contributed by atoms with Crippen LogP contribution >= 0.6 is 22.6 Å². The van der Waals surface area contributed by atoms with E-state index < -0.39 is 3.42 Å². The predicted octanol–water partition coefficient (Wildman–Crippen LogP) is 2.17. The van der Waals surface area contributed by atoms with E-state index in [-0.39, 0.29) is 12.1 Å². The Morgan fingerprint density at radius 3 is 2.79 bits per heavy atom. The summed E-state index contributed by atoms with van der Waals surface area (Å²) in [4.78, 5) is 11.7. The third-order valence-corrected chi connectivity index (χ3v) is 3.65. The van der Waals surface area contributed by atoms with Crippen molar-refractivity contribution in [3.63, 3.8) is 0 Å². The zero-order valence-corrected chi connectivity index (χ0v) is 11.0. The fourth-order valence-electron chi connectivity index (χ4n) is 1.78. The molecule has 4 heteroatoms. The Morgan fingerprint density at radius 1 is 1.71 bits per heavy atom. The Morgan fingerprint density at radius 2 is 2.36 bits per heavy atom. The molecule has 3 nitrogen and oxygen atoms in total. The normalized spacial score (nSPS) is 31.1. The largest absolute Gasteiger partial charge is 0.465 e. The Hall–Kier alpha value is 0.160. The lowest BCUT2D eigenvalue weighted by Crippen LogP contribution is -2.44. The van der Waals surface area contributed by atoms with Gasteiger partial charge in [0.15, 0.2) is 0 Å². The second kappa shape index (κ2) is 4.79. The Labute approximate surface area is 98.7 Å². The van der Waals surface area contributed by atoms with Crippen LogP contribution in [0, 0.1) is 5.92 Å². The zero-order valence-electron chi connectivity index (χ0n) is 8.88. The second-order valence-corrected chi connectivity index (χ2v) is 6.09. The van der Waals surface area contributed by atoms with Crippen LogP contribution in [0.5, 0.6) is 0 Å². The number of carbonyl (C=O) groups excluding carboxylic acids is 1. The van der Waals surface area contributed by atoms with Crippen LogP contribution in [0.3, 0.4) is 0 Å². The fourth-order valence-corrected chi connectivity index (χ4v) is 2.73. The maximum atomic E-state index is 11.7. The van der Waals surface area contributed by atoms with Crippen molar-refractivity contribution < 1.29 is 14.3 Å². The summed E-state index contributed by atoms with van der Waals surface area (Å²) in [6.45, 7) is 7.01. The van der Waals surface area contributed by atoms with E-state index in [1.165, 1.54) is 0 Å². The Balaban J connectivity index is 2.67. The van der Waals surface area contributed by atoms with Gasteiger partial charge in [0.25, 0.3) is 0 Å². The predicted molar refractivity (Wildman–Crippen MR) is 62.6 cm³/mol. The minimum atomic E-state index is -0.552. The monoisotopic (exact) mass is 312 g/mol. The molecule has 0 radical (unpaired) electrons. The Kier molecular flexibility index (Phi) is 4.18. The number of alkyl halides is 1. The lowest BCUT2D eigenvalue weighted by molar-refractivity contribution is -0.148. The molecule has 0 saturated carbocycles. The van der Waals surface area contributed by atoms with Gasteiger partial charge in [0.05, 0.1) is 12.7 Å². The van der Waals surface area contributed by atoms with Crippen LogP contribution in [-0.2, 0) is 14.3 Å². The van der Waals surface area contributed by atoms with Crippen molar-refractivity contribution in [1.82, 2.24) is 0 Å². The fraction of sp³-hybridized carbons (Fsp3) is 0.900. The average Bonchev–Trinajstić information content (AvgIpc) is 2.52. The third-order valence-electron chi connectivity index (χ3n) is 2.60. The second-order valence-electron chi connectivity index (χ2n) is 3.85. The van der Waals surface area contributed by atoms with Crippen molar-refractivity contribution in [3.8, 4) is 0 Å². The highest BCUT2D eigenvalue weighted by atomic mass is 127. The highest BCUT2D eigenvalue weighted by Gasteiger charge is 2.46. The van der Waals surface area contributed by atoms with Crippen LogP contribution in [0.15, 0.2) is 0 Å². The molecular formula is C10H17IO3. The van der Waals surface area contributed by atoms with Gasteiger partial charge < -0.3 is 9.47 Å². The summed E-state index contributed by atoms with van der Waals surface area (Å²) < 4.78 is 10.1. The molecule has 0 aromatic rings. The molecule has 1 saturated heterocycles. The highest BCUT2D eigenvalue weighted by Crippen LogP contribution is 2.36. The average molecular weight is 312 g/mol. The van der Waals surface area contributed by atoms with Crippen molar-refractivity contribution in [2.24, 2.45) is 5.92 Å². The van der Waals surface area contributed by atoms with Crippen LogP contribution in [0.25, 0.3) is 0 Å². The van der Waals surface area contributed by atoms with Gasteiger partial charge in [-0.25, -0.2) is 0 Å². The highest BCUT2D eigenvalue weighted by molar-refractivity contribution is 14.1. The van der Waals surface area contributed by atoms with Crippen LogP contribution < -0.4 is 0 Å². The van der Waals surface area contributed by atoms with E-state index in [1.807, 2.05) is 13.8 Å². The molecule has 0 aliphatic carbocycles. The van der Waals surface area contributed by atoms with Crippen molar-refractivity contribution >= 4 is 28.6 Å². The number of ether oxygens (including phenoxy) is 2. The number of rotatable bonds is 3. The maximum absolute atomic E-state index is 11.7. The van der Waals surface area contributed by atoms with Gasteiger partial charge in [-0.1, -0.05) is 29.5 Å². The van der Waals surface area contributed by atoms with Gasteiger partial charge >= 0.3 is 5.97 Å². The van der Waals surface area contributed by atoms with Crippen LogP contribution in [0.2, 0.25) is 0 Å². The summed E-state index contributed by atoms with van der Waals surface area (Å²) in [6, 6.07) is 0. The van der Waals surface area contributed by atoms with E-state index in [1.54, 1.807) is 0 Å². The number of hydrogen-bond acceptors (Lipinski definition) is 3. The summed E-state index contributed by atoms with van der Waals surface area (Å²) in [5.41, 5.74) is 0. The topological polar surface area (TPSA) is 35.5 Å². The molecule has 14 heavy (non-hydrogen) atoms. The van der Waals surface area contributed by atoms with E-state index in [0.29, 0.717) is 12.5 Å². The summed E-state index contributed by atoms with van der Waals surface area (Å²) in [6.07, 6.45) is 1.02. The molecule has 3 atom stereocenters. The maximum Gasteiger partial charge on any atom is 0.324 e. The first kappa shape index (κ1) is 12.2. The SMILES string of the molecule is CCOC(=O)C(C)(I)[C@@H]1OCC[C@H]1C. The molecular weight excluding hydrogens is 295 g/mol. The Bertz CT molecular complexity index is 215. The number of halogens is 1. The summed E-state index contributed by atoms with van der Waals surface area (Å²) >= 11 is 2.14. The van der Waals surface area contributed by atoms with E-state index in [4.69, 9.17) is 9.47 Å². The lowest BCUT2D eigenvalue weighted by atomic mass is 9.93. The van der Waals surface area contributed by atoms with Gasteiger partial charge in [0, 0.05) is 6.61 Å². The molecule has 0 aromatic carbocycles. The summed E-state index contributed by atoms with van der Waals surface area (Å²) in [5, 5.41) is 0. The third kappa shape index (κ3) is 2.39. The molecule has 0 aromatic heterocycles. The number of esters is 1. The van der Waals surface area contributed by atoms with Gasteiger partial charge in [0.1, 0.15) is 3.42 Å². The first-order chi connectivity index (χ1) is 6.50. The van der Waals surface area contributed by atoms with Crippen LogP contribution in [0.4, 0.5) is 0 Å². The molecule has 0 bridgehead atoms. The number of hydrogen-bond donors (Lipinski definition) is 0. The van der Waals surface area contributed by atoms with E-state index in [0.717, 1.165) is 13.0 Å². The minimum Gasteiger partial charge on any atom is -0.465 e. The van der Waals surface area contributed by atoms with Gasteiger partial charge in [-0.3, -0.25) is 4.79 Å². The standard InChI is InChI=1S/C10H17IO3/c1-4-13-9(12)10(3,11)8-7(2)5-6-14-8/h7-8H,4-6H2,1-3H3/t7-,8-,10?/m1/s1.